The molecule has 0 aromatic heterocycles. The number of β-amino-alcohol motifs (C(OH)–C–C–N with tert-alkyl or cyclic N) is 2. The van der Waals surface area contributed by atoms with Gasteiger partial charge in [-0.05, 0) is 11.1 Å². The Morgan fingerprint density at radius 1 is 1.00 bits per heavy atom. The molecular formula is C21H27N3O5. The maximum Gasteiger partial charge on any atom is 0.210 e. The summed E-state index contributed by atoms with van der Waals surface area (Å²) < 4.78 is 0. The Hall–Kier alpha value is -2.49. The van der Waals surface area contributed by atoms with Crippen molar-refractivity contribution in [2.24, 2.45) is 4.99 Å². The van der Waals surface area contributed by atoms with Crippen LogP contribution in [0.2, 0.25) is 0 Å². The number of hydrogen-bond acceptors (Lipinski definition) is 6. The van der Waals surface area contributed by atoms with Crippen LogP contribution in [0.1, 0.15) is 11.1 Å². The van der Waals surface area contributed by atoms with E-state index in [2.05, 4.69) is 10.3 Å². The second-order valence-electron chi connectivity index (χ2n) is 7.16. The fraction of sp³-hybridized carbons (Fsp3) is 0.381. The first kappa shape index (κ1) is 21.2. The molecular weight excluding hydrogens is 374 g/mol. The van der Waals surface area contributed by atoms with Gasteiger partial charge in [-0.25, -0.2) is 4.99 Å². The normalized spacial score (nSPS) is 24.4. The molecule has 1 heterocycles. The number of nitrogens with one attached hydrogen (secondary N) is 1. The van der Waals surface area contributed by atoms with Crippen molar-refractivity contribution in [1.82, 2.24) is 10.2 Å². The summed E-state index contributed by atoms with van der Waals surface area (Å²) in [7, 11) is 0. The van der Waals surface area contributed by atoms with E-state index in [0.29, 0.717) is 13.1 Å². The minimum absolute atomic E-state index is 0.287. The molecule has 1 aliphatic rings. The first-order valence-corrected chi connectivity index (χ1v) is 9.47. The summed E-state index contributed by atoms with van der Waals surface area (Å²) in [5, 5.41) is 53.5. The molecule has 0 amide bonds. The number of likely N-dealkylation sites (tertiary alicyclic amines) is 1. The van der Waals surface area contributed by atoms with E-state index in [1.54, 1.807) is 0 Å². The predicted octanol–water partition coefficient (Wildman–Crippen LogP) is -0.588. The molecule has 8 nitrogen and oxygen atoms in total. The second-order valence-corrected chi connectivity index (χ2v) is 7.16. The lowest BCUT2D eigenvalue weighted by Gasteiger charge is -2.47. The number of benzene rings is 2. The molecule has 0 radical (unpaired) electrons. The van der Waals surface area contributed by atoms with Gasteiger partial charge in [0.05, 0.1) is 25.7 Å². The molecule has 0 aliphatic carbocycles. The van der Waals surface area contributed by atoms with Gasteiger partial charge in [-0.3, -0.25) is 0 Å². The van der Waals surface area contributed by atoms with Crippen LogP contribution in [0.3, 0.4) is 0 Å². The quantitative estimate of drug-likeness (QED) is 0.224. The van der Waals surface area contributed by atoms with E-state index in [1.165, 1.54) is 4.90 Å². The van der Waals surface area contributed by atoms with Crippen LogP contribution in [-0.2, 0) is 13.1 Å². The fourth-order valence-electron chi connectivity index (χ4n) is 3.34. The number of piperidine rings is 1. The summed E-state index contributed by atoms with van der Waals surface area (Å²) in [5.74, 6) is -2.26. The van der Waals surface area contributed by atoms with Crippen LogP contribution in [0.25, 0.3) is 0 Å². The third-order valence-electron chi connectivity index (χ3n) is 5.00. The van der Waals surface area contributed by atoms with Crippen molar-refractivity contribution in [3.63, 3.8) is 0 Å². The van der Waals surface area contributed by atoms with Crippen molar-refractivity contribution < 1.29 is 25.5 Å². The van der Waals surface area contributed by atoms with Gasteiger partial charge in [-0.1, -0.05) is 60.7 Å². The molecule has 0 bridgehead atoms. The van der Waals surface area contributed by atoms with E-state index >= 15 is 0 Å². The molecule has 1 saturated heterocycles. The summed E-state index contributed by atoms with van der Waals surface area (Å²) >= 11 is 0. The minimum Gasteiger partial charge on any atom is -0.394 e. The van der Waals surface area contributed by atoms with Gasteiger partial charge in [0.25, 0.3) is 0 Å². The number of guanidine groups is 1. The van der Waals surface area contributed by atoms with Gasteiger partial charge in [0.2, 0.25) is 5.79 Å². The van der Waals surface area contributed by atoms with Crippen molar-refractivity contribution in [2.45, 2.75) is 37.1 Å². The number of rotatable bonds is 5. The Kier molecular flexibility index (Phi) is 6.83. The minimum atomic E-state index is -2.55. The van der Waals surface area contributed by atoms with Gasteiger partial charge in [0, 0.05) is 6.54 Å². The van der Waals surface area contributed by atoms with Gasteiger partial charge in [-0.2, -0.15) is 0 Å². The summed E-state index contributed by atoms with van der Waals surface area (Å²) in [6.07, 6.45) is -3.37. The van der Waals surface area contributed by atoms with Gasteiger partial charge < -0.3 is 35.7 Å². The van der Waals surface area contributed by atoms with E-state index < -0.39 is 37.2 Å². The Labute approximate surface area is 169 Å². The molecule has 0 saturated carbocycles. The molecule has 6 N–H and O–H groups in total. The highest BCUT2D eigenvalue weighted by molar-refractivity contribution is 5.80. The third-order valence-corrected chi connectivity index (χ3v) is 5.00. The average Bonchev–Trinajstić information content (AvgIpc) is 2.73. The second kappa shape index (κ2) is 9.34. The maximum absolute atomic E-state index is 10.3. The smallest absolute Gasteiger partial charge is 0.210 e. The van der Waals surface area contributed by atoms with Crippen molar-refractivity contribution in [3.05, 3.63) is 71.8 Å². The summed E-state index contributed by atoms with van der Waals surface area (Å²) in [6, 6.07) is 18.2. The van der Waals surface area contributed by atoms with Crippen LogP contribution in [0.15, 0.2) is 65.7 Å². The number of nitrogens with zero attached hydrogens (tertiary/aromatic N) is 2. The highest BCUT2D eigenvalue weighted by Crippen LogP contribution is 2.25. The van der Waals surface area contributed by atoms with Gasteiger partial charge in [0.15, 0.2) is 5.96 Å². The molecule has 29 heavy (non-hydrogen) atoms. The fourth-order valence-corrected chi connectivity index (χ4v) is 3.34. The van der Waals surface area contributed by atoms with Crippen LogP contribution in [-0.4, -0.2) is 73.6 Å². The molecule has 8 heteroatoms. The van der Waals surface area contributed by atoms with Crippen LogP contribution in [0.5, 0.6) is 0 Å². The van der Waals surface area contributed by atoms with E-state index in [-0.39, 0.29) is 5.96 Å². The van der Waals surface area contributed by atoms with Crippen molar-refractivity contribution in [1.29, 1.82) is 0 Å². The monoisotopic (exact) mass is 401 g/mol. The largest absolute Gasteiger partial charge is 0.394 e. The molecule has 156 valence electrons. The van der Waals surface area contributed by atoms with E-state index in [4.69, 9.17) is 0 Å². The summed E-state index contributed by atoms with van der Waals surface area (Å²) in [5.41, 5.74) is 1.93. The van der Waals surface area contributed by atoms with Gasteiger partial charge in [-0.15, -0.1) is 0 Å². The average molecular weight is 401 g/mol. The molecule has 2 aromatic carbocycles. The highest BCUT2D eigenvalue weighted by atomic mass is 16.5. The lowest BCUT2D eigenvalue weighted by molar-refractivity contribution is -0.280. The zero-order valence-electron chi connectivity index (χ0n) is 16.0. The van der Waals surface area contributed by atoms with Crippen LogP contribution >= 0.6 is 0 Å². The van der Waals surface area contributed by atoms with Crippen LogP contribution < -0.4 is 5.32 Å². The zero-order chi connectivity index (χ0) is 20.9. The van der Waals surface area contributed by atoms with Crippen LogP contribution in [0, 0.1) is 0 Å². The summed E-state index contributed by atoms with van der Waals surface area (Å²) in [4.78, 5) is 5.95. The predicted molar refractivity (Wildman–Crippen MR) is 108 cm³/mol. The first-order chi connectivity index (χ1) is 13.9. The van der Waals surface area contributed by atoms with Gasteiger partial charge >= 0.3 is 0 Å². The molecule has 0 spiro atoms. The lowest BCUT2D eigenvalue weighted by atomic mass is 9.92. The van der Waals surface area contributed by atoms with E-state index in [1.807, 2.05) is 60.7 Å². The van der Waals surface area contributed by atoms with Crippen LogP contribution in [0.4, 0.5) is 0 Å². The van der Waals surface area contributed by atoms with E-state index in [9.17, 15) is 25.5 Å². The molecule has 3 rings (SSSR count). The topological polar surface area (TPSA) is 129 Å². The molecule has 1 fully saturated rings. The summed E-state index contributed by atoms with van der Waals surface area (Å²) in [6.45, 7) is -0.196. The third kappa shape index (κ3) is 5.11. The number of hydrogen-bond donors (Lipinski definition) is 6. The maximum atomic E-state index is 10.3. The molecule has 1 aliphatic heterocycles. The Morgan fingerprint density at radius 2 is 1.59 bits per heavy atom. The van der Waals surface area contributed by atoms with Crippen molar-refractivity contribution in [3.8, 4) is 0 Å². The Morgan fingerprint density at radius 3 is 2.17 bits per heavy atom. The Bertz CT molecular complexity index is 800. The number of aliphatic imine (C=N–C) groups is 1. The first-order valence-electron chi connectivity index (χ1n) is 9.47. The number of aliphatic hydroxyl groups excluding tert-OH is 3. The van der Waals surface area contributed by atoms with Crippen molar-refractivity contribution >= 4 is 5.96 Å². The lowest BCUT2D eigenvalue weighted by Crippen LogP contribution is -2.70. The highest BCUT2D eigenvalue weighted by Gasteiger charge is 2.50. The SMILES string of the molecule is OC[C@H]1[C@@H](O)[C@H](O)C(O)(O)CN1C(=NCc1ccccc1)NCc1ccccc1. The van der Waals surface area contributed by atoms with Crippen molar-refractivity contribution in [2.75, 3.05) is 13.2 Å². The molecule has 3 atom stereocenters. The molecule has 0 unspecified atom stereocenters. The number of aliphatic hydroxyl groups is 5. The van der Waals surface area contributed by atoms with E-state index in [0.717, 1.165) is 11.1 Å². The Balaban J connectivity index is 1.87. The van der Waals surface area contributed by atoms with Gasteiger partial charge in [0.1, 0.15) is 12.2 Å². The zero-order valence-corrected chi connectivity index (χ0v) is 16.0. The molecule has 2 aromatic rings. The standard InChI is InChI=1S/C21H27N3O5/c25-13-17-18(26)19(27)21(28,29)14-24(17)20(22-11-15-7-3-1-4-8-15)23-12-16-9-5-2-6-10-16/h1-10,17-19,25-29H,11-14H2,(H,22,23)/t17-,18+,19-/m0/s1.